The molecule has 1 aromatic carbocycles. The van der Waals surface area contributed by atoms with E-state index in [0.29, 0.717) is 11.7 Å². The molecule has 1 aliphatic carbocycles. The van der Waals surface area contributed by atoms with Crippen molar-refractivity contribution >= 4 is 0 Å². The van der Waals surface area contributed by atoms with Crippen molar-refractivity contribution in [1.29, 1.82) is 0 Å². The van der Waals surface area contributed by atoms with Crippen LogP contribution in [0.4, 0.5) is 13.2 Å². The monoisotopic (exact) mass is 309 g/mol. The zero-order chi connectivity index (χ0) is 15.7. The highest BCUT2D eigenvalue weighted by Crippen LogP contribution is 2.32. The van der Waals surface area contributed by atoms with Gasteiger partial charge in [0.05, 0.1) is 5.69 Å². The number of benzene rings is 1. The van der Waals surface area contributed by atoms with Gasteiger partial charge < -0.3 is 5.32 Å². The maximum atomic E-state index is 12.5. The summed E-state index contributed by atoms with van der Waals surface area (Å²) in [4.78, 5) is 0. The molecule has 0 radical (unpaired) electrons. The summed E-state index contributed by atoms with van der Waals surface area (Å²) in [7, 11) is 0. The first-order chi connectivity index (χ1) is 10.4. The first-order valence-corrected chi connectivity index (χ1v) is 7.39. The Hall–Kier alpha value is -1.82. The molecule has 118 valence electrons. The van der Waals surface area contributed by atoms with Crippen LogP contribution in [-0.2, 0) is 12.7 Å². The molecule has 1 saturated carbocycles. The van der Waals surface area contributed by atoms with Gasteiger partial charge in [-0.05, 0) is 49.4 Å². The summed E-state index contributed by atoms with van der Waals surface area (Å²) < 4.78 is 38.9. The minimum Gasteiger partial charge on any atom is -0.310 e. The highest BCUT2D eigenvalue weighted by Gasteiger charge is 2.33. The number of aromatic nitrogens is 2. The van der Waals surface area contributed by atoms with E-state index in [-0.39, 0.29) is 0 Å². The first kappa shape index (κ1) is 15.1. The molecular weight excluding hydrogens is 291 g/mol. The second-order valence-electron chi connectivity index (χ2n) is 5.82. The number of rotatable bonds is 5. The van der Waals surface area contributed by atoms with E-state index >= 15 is 0 Å². The van der Waals surface area contributed by atoms with Crippen LogP contribution in [0.15, 0.2) is 36.5 Å². The number of nitrogens with one attached hydrogen (secondary N) is 1. The SMILES string of the molecule is C[C@@H](NCc1ccc(-n2ccc(C(F)(F)F)n2)cc1)C1CC1. The quantitative estimate of drug-likeness (QED) is 0.911. The number of hydrogen-bond donors (Lipinski definition) is 1. The molecule has 1 N–H and O–H groups in total. The zero-order valence-corrected chi connectivity index (χ0v) is 12.3. The third kappa shape index (κ3) is 3.50. The van der Waals surface area contributed by atoms with Gasteiger partial charge in [0, 0.05) is 18.8 Å². The van der Waals surface area contributed by atoms with Gasteiger partial charge in [0.2, 0.25) is 0 Å². The van der Waals surface area contributed by atoms with E-state index in [9.17, 15) is 13.2 Å². The lowest BCUT2D eigenvalue weighted by atomic mass is 10.1. The van der Waals surface area contributed by atoms with Crippen molar-refractivity contribution in [2.45, 2.75) is 38.5 Å². The van der Waals surface area contributed by atoms with E-state index in [1.807, 2.05) is 12.1 Å². The van der Waals surface area contributed by atoms with Crippen molar-refractivity contribution in [3.8, 4) is 5.69 Å². The lowest BCUT2D eigenvalue weighted by molar-refractivity contribution is -0.141. The Morgan fingerprint density at radius 1 is 1.23 bits per heavy atom. The molecule has 0 unspecified atom stereocenters. The fraction of sp³-hybridized carbons (Fsp3) is 0.438. The fourth-order valence-electron chi connectivity index (χ4n) is 2.43. The molecule has 1 atom stereocenters. The summed E-state index contributed by atoms with van der Waals surface area (Å²) in [5, 5.41) is 7.04. The van der Waals surface area contributed by atoms with E-state index < -0.39 is 11.9 Å². The van der Waals surface area contributed by atoms with Crippen molar-refractivity contribution < 1.29 is 13.2 Å². The first-order valence-electron chi connectivity index (χ1n) is 7.39. The van der Waals surface area contributed by atoms with Gasteiger partial charge in [0.15, 0.2) is 5.69 Å². The van der Waals surface area contributed by atoms with E-state index in [0.717, 1.165) is 24.1 Å². The molecule has 3 rings (SSSR count). The Morgan fingerprint density at radius 3 is 2.45 bits per heavy atom. The van der Waals surface area contributed by atoms with Crippen molar-refractivity contribution in [3.05, 3.63) is 47.8 Å². The Kier molecular flexibility index (Phi) is 3.95. The summed E-state index contributed by atoms with van der Waals surface area (Å²) in [6.07, 6.45) is -0.485. The van der Waals surface area contributed by atoms with Crippen LogP contribution in [0.5, 0.6) is 0 Å². The molecule has 0 amide bonds. The molecule has 0 spiro atoms. The van der Waals surface area contributed by atoms with Crippen molar-refractivity contribution in [2.24, 2.45) is 5.92 Å². The van der Waals surface area contributed by atoms with E-state index in [1.165, 1.54) is 23.7 Å². The van der Waals surface area contributed by atoms with Gasteiger partial charge in [-0.25, -0.2) is 4.68 Å². The van der Waals surface area contributed by atoms with Crippen molar-refractivity contribution in [1.82, 2.24) is 15.1 Å². The molecular formula is C16H18F3N3. The number of nitrogens with zero attached hydrogens (tertiary/aromatic N) is 2. The van der Waals surface area contributed by atoms with Crippen LogP contribution in [0.2, 0.25) is 0 Å². The Bertz CT molecular complexity index is 627. The lowest BCUT2D eigenvalue weighted by Crippen LogP contribution is -2.27. The summed E-state index contributed by atoms with van der Waals surface area (Å²) in [5.74, 6) is 0.795. The highest BCUT2D eigenvalue weighted by molar-refractivity contribution is 5.34. The van der Waals surface area contributed by atoms with Gasteiger partial charge in [-0.1, -0.05) is 12.1 Å². The van der Waals surface area contributed by atoms with Crippen LogP contribution in [0.1, 0.15) is 31.0 Å². The largest absolute Gasteiger partial charge is 0.435 e. The van der Waals surface area contributed by atoms with E-state index in [2.05, 4.69) is 17.3 Å². The maximum Gasteiger partial charge on any atom is 0.435 e. The summed E-state index contributed by atoms with van der Waals surface area (Å²) in [5.41, 5.74) is 0.852. The fourth-order valence-corrected chi connectivity index (χ4v) is 2.43. The average Bonchev–Trinajstić information content (AvgIpc) is 3.21. The van der Waals surface area contributed by atoms with Crippen molar-refractivity contribution in [2.75, 3.05) is 0 Å². The van der Waals surface area contributed by atoms with Crippen molar-refractivity contribution in [3.63, 3.8) is 0 Å². The van der Waals surface area contributed by atoms with Gasteiger partial charge in [-0.3, -0.25) is 0 Å². The lowest BCUT2D eigenvalue weighted by Gasteiger charge is -2.12. The topological polar surface area (TPSA) is 29.9 Å². The average molecular weight is 309 g/mol. The van der Waals surface area contributed by atoms with E-state index in [1.54, 1.807) is 12.1 Å². The Balaban J connectivity index is 1.64. The molecule has 0 aliphatic heterocycles. The van der Waals surface area contributed by atoms with E-state index in [4.69, 9.17) is 0 Å². The predicted octanol–water partition coefficient (Wildman–Crippen LogP) is 3.78. The van der Waals surface area contributed by atoms with Crippen LogP contribution >= 0.6 is 0 Å². The molecule has 0 bridgehead atoms. The standard InChI is InChI=1S/C16H18F3N3/c1-11(13-4-5-13)20-10-12-2-6-14(7-3-12)22-9-8-15(21-22)16(17,18)19/h2-3,6-9,11,13,20H,4-5,10H2,1H3/t11-/m1/s1. The minimum atomic E-state index is -4.41. The smallest absolute Gasteiger partial charge is 0.310 e. The Labute approximate surface area is 127 Å². The number of alkyl halides is 3. The van der Waals surface area contributed by atoms with Crippen LogP contribution in [0.25, 0.3) is 5.69 Å². The molecule has 6 heteroatoms. The van der Waals surface area contributed by atoms with Gasteiger partial charge in [-0.2, -0.15) is 18.3 Å². The number of halogens is 3. The molecule has 0 saturated heterocycles. The normalized spacial score (nSPS) is 16.7. The minimum absolute atomic E-state index is 0.514. The van der Waals surface area contributed by atoms with Crippen LogP contribution < -0.4 is 5.32 Å². The summed E-state index contributed by atoms with van der Waals surface area (Å²) in [6.45, 7) is 2.96. The Morgan fingerprint density at radius 2 is 1.91 bits per heavy atom. The van der Waals surface area contributed by atoms with Gasteiger partial charge in [0.1, 0.15) is 0 Å². The zero-order valence-electron chi connectivity index (χ0n) is 12.3. The molecule has 1 aromatic heterocycles. The molecule has 1 heterocycles. The van der Waals surface area contributed by atoms with Crippen LogP contribution in [-0.4, -0.2) is 15.8 Å². The molecule has 3 nitrogen and oxygen atoms in total. The van der Waals surface area contributed by atoms with Crippen LogP contribution in [0, 0.1) is 5.92 Å². The van der Waals surface area contributed by atoms with Crippen LogP contribution in [0.3, 0.4) is 0 Å². The maximum absolute atomic E-state index is 12.5. The molecule has 1 fully saturated rings. The van der Waals surface area contributed by atoms with Gasteiger partial charge in [0.25, 0.3) is 0 Å². The highest BCUT2D eigenvalue weighted by atomic mass is 19.4. The molecule has 22 heavy (non-hydrogen) atoms. The summed E-state index contributed by atoms with van der Waals surface area (Å²) >= 11 is 0. The molecule has 1 aliphatic rings. The third-order valence-corrected chi connectivity index (χ3v) is 4.04. The molecule has 2 aromatic rings. The second-order valence-corrected chi connectivity index (χ2v) is 5.82. The number of hydrogen-bond acceptors (Lipinski definition) is 2. The second kappa shape index (κ2) is 5.76. The van der Waals surface area contributed by atoms with Gasteiger partial charge >= 0.3 is 6.18 Å². The predicted molar refractivity (Wildman–Crippen MR) is 77.6 cm³/mol. The summed E-state index contributed by atoms with van der Waals surface area (Å²) in [6, 6.07) is 8.89. The van der Waals surface area contributed by atoms with Gasteiger partial charge in [-0.15, -0.1) is 0 Å². The third-order valence-electron chi connectivity index (χ3n) is 4.04.